The van der Waals surface area contributed by atoms with Gasteiger partial charge in [-0.1, -0.05) is 31.2 Å². The van der Waals surface area contributed by atoms with E-state index in [1.807, 2.05) is 42.7 Å². The van der Waals surface area contributed by atoms with Crippen LogP contribution in [0.5, 0.6) is 0 Å². The van der Waals surface area contributed by atoms with Crippen LogP contribution in [-0.4, -0.2) is 18.0 Å². The average Bonchev–Trinajstić information content (AvgIpc) is 2.75. The third kappa shape index (κ3) is 3.16. The Morgan fingerprint density at radius 2 is 2.00 bits per heavy atom. The second-order valence-corrected chi connectivity index (χ2v) is 6.85. The lowest BCUT2D eigenvalue weighted by molar-refractivity contribution is 0.606. The highest BCUT2D eigenvalue weighted by Crippen LogP contribution is 2.17. The van der Waals surface area contributed by atoms with Crippen LogP contribution in [0.1, 0.15) is 23.9 Å². The van der Waals surface area contributed by atoms with Crippen LogP contribution in [0, 0.1) is 6.92 Å². The fraction of sp³-hybridized carbons (Fsp3) is 0.308. The summed E-state index contributed by atoms with van der Waals surface area (Å²) >= 11 is 0. The number of imidazole rings is 1. The van der Waals surface area contributed by atoms with Crippen LogP contribution in [0.15, 0.2) is 35.5 Å². The molecule has 2 rings (SSSR count). The molecule has 0 aliphatic rings. The van der Waals surface area contributed by atoms with Crippen LogP contribution in [0.4, 0.5) is 0 Å². The van der Waals surface area contributed by atoms with Crippen LogP contribution in [-0.2, 0) is 22.0 Å². The lowest BCUT2D eigenvalue weighted by atomic mass is 10.1. The molecule has 1 aromatic carbocycles. The molecular formula is C13H15ClN2O2S. The normalized spacial score (nSPS) is 11.7. The van der Waals surface area contributed by atoms with Gasteiger partial charge in [0.15, 0.2) is 5.03 Å². The molecule has 6 heteroatoms. The van der Waals surface area contributed by atoms with Gasteiger partial charge in [-0.05, 0) is 18.1 Å². The monoisotopic (exact) mass is 298 g/mol. The highest BCUT2D eigenvalue weighted by molar-refractivity contribution is 8.13. The number of hydrogen-bond acceptors (Lipinski definition) is 3. The molecule has 0 N–H and O–H groups in total. The van der Waals surface area contributed by atoms with Gasteiger partial charge in [-0.15, -0.1) is 0 Å². The van der Waals surface area contributed by atoms with E-state index in [1.165, 1.54) is 6.20 Å². The van der Waals surface area contributed by atoms with Gasteiger partial charge >= 0.3 is 0 Å². The van der Waals surface area contributed by atoms with Crippen LogP contribution in [0.2, 0.25) is 0 Å². The van der Waals surface area contributed by atoms with Crippen molar-refractivity contribution >= 4 is 19.7 Å². The summed E-state index contributed by atoms with van der Waals surface area (Å²) in [6.45, 7) is 4.55. The SMILES string of the molecule is CCc1nc(S(=O)(=O)Cl)cn1Cc1ccccc1C. The minimum atomic E-state index is -3.78. The molecule has 2 aromatic rings. The molecular weight excluding hydrogens is 284 g/mol. The maximum absolute atomic E-state index is 11.3. The van der Waals surface area contributed by atoms with Gasteiger partial charge in [0.1, 0.15) is 5.82 Å². The number of halogens is 1. The lowest BCUT2D eigenvalue weighted by Gasteiger charge is -2.08. The van der Waals surface area contributed by atoms with Crippen LogP contribution >= 0.6 is 10.7 Å². The Morgan fingerprint density at radius 3 is 2.58 bits per heavy atom. The fourth-order valence-corrected chi connectivity index (χ4v) is 2.63. The van der Waals surface area contributed by atoms with Crippen molar-refractivity contribution in [1.82, 2.24) is 9.55 Å². The molecule has 0 spiro atoms. The summed E-state index contributed by atoms with van der Waals surface area (Å²) in [4.78, 5) is 4.07. The number of benzene rings is 1. The van der Waals surface area contributed by atoms with Gasteiger partial charge in [-0.25, -0.2) is 13.4 Å². The van der Waals surface area contributed by atoms with Gasteiger partial charge in [0.25, 0.3) is 9.05 Å². The maximum atomic E-state index is 11.3. The van der Waals surface area contributed by atoms with E-state index in [-0.39, 0.29) is 5.03 Å². The molecule has 0 amide bonds. The Morgan fingerprint density at radius 1 is 1.32 bits per heavy atom. The van der Waals surface area contributed by atoms with E-state index in [0.717, 1.165) is 11.1 Å². The quantitative estimate of drug-likeness (QED) is 0.816. The minimum Gasteiger partial charge on any atom is -0.329 e. The van der Waals surface area contributed by atoms with E-state index in [4.69, 9.17) is 10.7 Å². The maximum Gasteiger partial charge on any atom is 0.280 e. The van der Waals surface area contributed by atoms with Gasteiger partial charge in [-0.2, -0.15) is 0 Å². The van der Waals surface area contributed by atoms with Crippen molar-refractivity contribution in [2.24, 2.45) is 0 Å². The van der Waals surface area contributed by atoms with Crippen molar-refractivity contribution < 1.29 is 8.42 Å². The molecule has 0 radical (unpaired) electrons. The summed E-state index contributed by atoms with van der Waals surface area (Å²) in [7, 11) is 1.55. The van der Waals surface area contributed by atoms with Gasteiger partial charge < -0.3 is 4.57 Å². The summed E-state index contributed by atoms with van der Waals surface area (Å²) < 4.78 is 24.5. The third-order valence-corrected chi connectivity index (χ3v) is 4.18. The number of hydrogen-bond donors (Lipinski definition) is 0. The number of aryl methyl sites for hydroxylation is 2. The van der Waals surface area contributed by atoms with Crippen molar-refractivity contribution in [3.05, 3.63) is 47.4 Å². The molecule has 0 atom stereocenters. The minimum absolute atomic E-state index is 0.0837. The van der Waals surface area contributed by atoms with Crippen molar-refractivity contribution in [2.75, 3.05) is 0 Å². The average molecular weight is 299 g/mol. The summed E-state index contributed by atoms with van der Waals surface area (Å²) in [5, 5.41) is -0.0837. The van der Waals surface area contributed by atoms with E-state index >= 15 is 0 Å². The summed E-state index contributed by atoms with van der Waals surface area (Å²) in [5.74, 6) is 0.711. The molecule has 1 heterocycles. The van der Waals surface area contributed by atoms with E-state index < -0.39 is 9.05 Å². The van der Waals surface area contributed by atoms with E-state index in [9.17, 15) is 8.42 Å². The Kier molecular flexibility index (Phi) is 3.96. The molecule has 0 aliphatic heterocycles. The Labute approximate surface area is 117 Å². The first kappa shape index (κ1) is 14.1. The summed E-state index contributed by atoms with van der Waals surface area (Å²) in [6.07, 6.45) is 2.14. The zero-order valence-corrected chi connectivity index (χ0v) is 12.4. The molecule has 0 bridgehead atoms. The first-order valence-electron chi connectivity index (χ1n) is 5.97. The smallest absolute Gasteiger partial charge is 0.280 e. The summed E-state index contributed by atoms with van der Waals surface area (Å²) in [6, 6.07) is 7.98. The Balaban J connectivity index is 2.40. The van der Waals surface area contributed by atoms with Crippen LogP contribution < -0.4 is 0 Å². The molecule has 0 saturated carbocycles. The molecule has 0 fully saturated rings. The molecule has 0 saturated heterocycles. The summed E-state index contributed by atoms with van der Waals surface area (Å²) in [5.41, 5.74) is 2.29. The fourth-order valence-electron chi connectivity index (χ4n) is 1.94. The van der Waals surface area contributed by atoms with Gasteiger partial charge in [0.05, 0.1) is 0 Å². The third-order valence-electron chi connectivity index (χ3n) is 3.01. The molecule has 19 heavy (non-hydrogen) atoms. The molecule has 102 valence electrons. The van der Waals surface area contributed by atoms with Gasteiger partial charge in [0, 0.05) is 29.8 Å². The second kappa shape index (κ2) is 5.35. The first-order valence-corrected chi connectivity index (χ1v) is 8.28. The van der Waals surface area contributed by atoms with Crippen molar-refractivity contribution in [3.63, 3.8) is 0 Å². The van der Waals surface area contributed by atoms with Gasteiger partial charge in [-0.3, -0.25) is 0 Å². The van der Waals surface area contributed by atoms with Crippen LogP contribution in [0.3, 0.4) is 0 Å². The largest absolute Gasteiger partial charge is 0.329 e. The number of rotatable bonds is 4. The highest BCUT2D eigenvalue weighted by Gasteiger charge is 2.17. The zero-order valence-electron chi connectivity index (χ0n) is 10.8. The number of nitrogens with zero attached hydrogens (tertiary/aromatic N) is 2. The Bertz CT molecular complexity index is 692. The molecule has 1 aromatic heterocycles. The van der Waals surface area contributed by atoms with Gasteiger partial charge in [0.2, 0.25) is 0 Å². The van der Waals surface area contributed by atoms with Crippen molar-refractivity contribution in [2.45, 2.75) is 31.8 Å². The number of aromatic nitrogens is 2. The Hall–Kier alpha value is -1.33. The predicted molar refractivity (Wildman–Crippen MR) is 74.9 cm³/mol. The van der Waals surface area contributed by atoms with E-state index in [1.54, 1.807) is 0 Å². The standard InChI is InChI=1S/C13H15ClN2O2S/c1-3-12-15-13(19(14,17)18)9-16(12)8-11-7-5-4-6-10(11)2/h4-7,9H,3,8H2,1-2H3. The van der Waals surface area contributed by atoms with Crippen molar-refractivity contribution in [1.29, 1.82) is 0 Å². The second-order valence-electron chi connectivity index (χ2n) is 4.34. The predicted octanol–water partition coefficient (Wildman–Crippen LogP) is 2.73. The molecule has 0 unspecified atom stereocenters. The topological polar surface area (TPSA) is 52.0 Å². The zero-order chi connectivity index (χ0) is 14.0. The molecule has 4 nitrogen and oxygen atoms in total. The molecule has 0 aliphatic carbocycles. The van der Waals surface area contributed by atoms with E-state index in [2.05, 4.69) is 4.98 Å². The van der Waals surface area contributed by atoms with Crippen molar-refractivity contribution in [3.8, 4) is 0 Å². The highest BCUT2D eigenvalue weighted by atomic mass is 35.7. The van der Waals surface area contributed by atoms with Crippen LogP contribution in [0.25, 0.3) is 0 Å². The van der Waals surface area contributed by atoms with E-state index in [0.29, 0.717) is 18.8 Å². The first-order chi connectivity index (χ1) is 8.91. The lowest BCUT2D eigenvalue weighted by Crippen LogP contribution is -2.04.